The number of aliphatic hydroxyl groups excluding tert-OH is 8. The van der Waals surface area contributed by atoms with Gasteiger partial charge in [0.05, 0.1) is 19.8 Å². The van der Waals surface area contributed by atoms with Crippen molar-refractivity contribution in [2.24, 2.45) is 0 Å². The van der Waals surface area contributed by atoms with E-state index in [1.807, 2.05) is 0 Å². The van der Waals surface area contributed by atoms with Crippen LogP contribution in [0.3, 0.4) is 0 Å². The molecule has 0 radical (unpaired) electrons. The highest BCUT2D eigenvalue weighted by Crippen LogP contribution is 2.35. The summed E-state index contributed by atoms with van der Waals surface area (Å²) in [5.41, 5.74) is 0.583. The molecule has 4 heterocycles. The Morgan fingerprint density at radius 2 is 1.06 bits per heavy atom. The number of aldehydes is 1. The molecule has 11 N–H and O–H groups in total. The molecule has 376 valence electrons. The first-order valence-corrected chi connectivity index (χ1v) is 20.6. The normalized spacial score (nSPS) is 38.7. The Kier molecular flexibility index (Phi) is 19.7. The molecular formula is C39H55N3O25. The van der Waals surface area contributed by atoms with Crippen LogP contribution in [-0.4, -0.2) is 234 Å². The summed E-state index contributed by atoms with van der Waals surface area (Å²) in [6.07, 6.45) is -32.0. The van der Waals surface area contributed by atoms with Crippen LogP contribution in [0, 0.1) is 0 Å². The number of amides is 3. The average molecular weight is 966 g/mol. The Balaban J connectivity index is 1.27. The smallest absolute Gasteiger partial charge is 0.295 e. The second-order valence-electron chi connectivity index (χ2n) is 15.4. The molecule has 0 spiro atoms. The number of hydrogen-bond donors (Lipinski definition) is 11. The maximum absolute atomic E-state index is 12.5. The van der Waals surface area contributed by atoms with E-state index in [9.17, 15) is 69.6 Å². The van der Waals surface area contributed by atoms with Gasteiger partial charge >= 0.3 is 0 Å². The zero-order valence-electron chi connectivity index (χ0n) is 35.9. The Labute approximate surface area is 380 Å². The maximum atomic E-state index is 12.5. The fourth-order valence-corrected chi connectivity index (χ4v) is 7.70. The van der Waals surface area contributed by atoms with Crippen LogP contribution in [0.15, 0.2) is 24.3 Å². The molecule has 0 saturated carbocycles. The topological polar surface area (TPSA) is 402 Å². The zero-order valence-corrected chi connectivity index (χ0v) is 35.9. The van der Waals surface area contributed by atoms with Gasteiger partial charge in [0.25, 0.3) is 18.9 Å². The van der Waals surface area contributed by atoms with Crippen LogP contribution < -0.4 is 16.0 Å². The van der Waals surface area contributed by atoms with Crippen molar-refractivity contribution < 1.29 is 122 Å². The van der Waals surface area contributed by atoms with Crippen molar-refractivity contribution in [1.82, 2.24) is 16.0 Å². The van der Waals surface area contributed by atoms with Gasteiger partial charge in [-0.3, -0.25) is 28.8 Å². The molecule has 8 unspecified atom stereocenters. The van der Waals surface area contributed by atoms with Crippen LogP contribution in [-0.2, 0) is 71.3 Å². The van der Waals surface area contributed by atoms with Crippen LogP contribution in [0.5, 0.6) is 0 Å². The fourth-order valence-electron chi connectivity index (χ4n) is 7.70. The first-order chi connectivity index (χ1) is 32.0. The van der Waals surface area contributed by atoms with Crippen molar-refractivity contribution in [2.75, 3.05) is 33.5 Å². The molecule has 4 fully saturated rings. The predicted octanol–water partition coefficient (Wildman–Crippen LogP) is -7.26. The molecule has 28 nitrogen and oxygen atoms in total. The summed E-state index contributed by atoms with van der Waals surface area (Å²) < 4.78 is 60.9. The first-order valence-electron chi connectivity index (χ1n) is 20.6. The molecule has 67 heavy (non-hydrogen) atoms. The molecule has 28 heteroatoms. The first kappa shape index (κ1) is 53.5. The van der Waals surface area contributed by atoms with Gasteiger partial charge in [-0.25, -0.2) is 0 Å². The number of methoxy groups -OCH3 is 1. The number of aliphatic hydroxyl groups is 8. The van der Waals surface area contributed by atoms with E-state index in [1.165, 1.54) is 31.4 Å². The SMILES string of the molecule is CO[C@@H]1C(CO)O[C@H](O[C@@H]2C(OC=O)O[C@@H](O[C@@H]3C(CO)O[C@H](O[C@@H]4C(OC=O)O[C@@H](OCCNC(=O)c5ccc(C=O)cc5)C(O)[C@H]4O)C(NC(C)=O)[C@H]3O)C(O)[C@H]2O)C(NC(C)=O)[C@H]1O. The summed E-state index contributed by atoms with van der Waals surface area (Å²) >= 11 is 0. The van der Waals surface area contributed by atoms with Crippen molar-refractivity contribution in [1.29, 1.82) is 0 Å². The van der Waals surface area contributed by atoms with Gasteiger partial charge in [0, 0.05) is 38.6 Å². The standard InChI is InChI=1S/C39H55N3O25/c1-15(48)41-21-23(50)29(57-3)19(11-44)61-34(21)65-32-26(53)28(55)37(67-39(32)60-14-47)63-30-20(12-45)62-35(22(24(30)51)42-16(2)49)64-31-25(52)27(54)36(66-38(31)59-13-46)58-9-8-40-33(56)18-6-4-17(10-43)5-7-18/h4-7,10,13-14,19-32,34-39,44-45,50-55H,8-9,11-12H2,1-3H3,(H,40,56)(H,41,48)(H,42,49)/t19?,20?,21?,22?,23-,24-,25-,26-,27?,28?,29-,30-,31+,32+,34-,35-,36-,37-,38?,39?/m1/s1. The highest BCUT2D eigenvalue weighted by molar-refractivity contribution is 5.94. The molecule has 20 atom stereocenters. The third-order valence-electron chi connectivity index (χ3n) is 11.0. The lowest BCUT2D eigenvalue weighted by atomic mass is 9.95. The van der Waals surface area contributed by atoms with Crippen LogP contribution in [0.4, 0.5) is 0 Å². The minimum atomic E-state index is -2.16. The predicted molar refractivity (Wildman–Crippen MR) is 210 cm³/mol. The van der Waals surface area contributed by atoms with E-state index in [2.05, 4.69) is 16.0 Å². The third-order valence-corrected chi connectivity index (χ3v) is 11.0. The van der Waals surface area contributed by atoms with Crippen molar-refractivity contribution in [2.45, 2.75) is 137 Å². The number of benzene rings is 1. The van der Waals surface area contributed by atoms with Crippen LogP contribution in [0.1, 0.15) is 34.6 Å². The summed E-state index contributed by atoms with van der Waals surface area (Å²) in [5.74, 6) is -2.00. The Bertz CT molecular complexity index is 1800. The molecule has 4 saturated heterocycles. The molecule has 1 aromatic rings. The fraction of sp³-hybridized carbons (Fsp3) is 0.692. The monoisotopic (exact) mass is 965 g/mol. The molecule has 4 aliphatic rings. The molecule has 0 aliphatic carbocycles. The van der Waals surface area contributed by atoms with E-state index in [-0.39, 0.29) is 31.7 Å². The zero-order chi connectivity index (χ0) is 49.1. The minimum Gasteiger partial charge on any atom is -0.435 e. The number of nitrogens with one attached hydrogen (secondary N) is 3. The van der Waals surface area contributed by atoms with E-state index in [4.69, 9.17) is 52.1 Å². The molecule has 4 aliphatic heterocycles. The van der Waals surface area contributed by atoms with E-state index >= 15 is 0 Å². The summed E-state index contributed by atoms with van der Waals surface area (Å²) in [4.78, 5) is 71.0. The second kappa shape index (κ2) is 24.7. The van der Waals surface area contributed by atoms with E-state index in [1.54, 1.807) is 0 Å². The number of carbonyl (C=O) groups is 6. The van der Waals surface area contributed by atoms with E-state index in [0.717, 1.165) is 13.8 Å². The summed E-state index contributed by atoms with van der Waals surface area (Å²) in [6.45, 7) is -0.236. The Morgan fingerprint density at radius 1 is 0.597 bits per heavy atom. The van der Waals surface area contributed by atoms with Gasteiger partial charge in [-0.2, -0.15) is 0 Å². The molecule has 3 amide bonds. The molecule has 0 bridgehead atoms. The summed E-state index contributed by atoms with van der Waals surface area (Å²) in [7, 11) is 1.21. The van der Waals surface area contributed by atoms with Crippen molar-refractivity contribution in [3.63, 3.8) is 0 Å². The highest BCUT2D eigenvalue weighted by Gasteiger charge is 2.57. The van der Waals surface area contributed by atoms with Gasteiger partial charge in [-0.1, -0.05) is 12.1 Å². The lowest BCUT2D eigenvalue weighted by molar-refractivity contribution is -0.398. The molecule has 1 aromatic carbocycles. The number of hydrogen-bond acceptors (Lipinski definition) is 25. The quantitative estimate of drug-likeness (QED) is 0.0403. The molecule has 5 rings (SSSR count). The van der Waals surface area contributed by atoms with Gasteiger partial charge in [0.1, 0.15) is 79.4 Å². The molecular weight excluding hydrogens is 910 g/mol. The number of rotatable bonds is 21. The summed E-state index contributed by atoms with van der Waals surface area (Å²) in [6, 6.07) is 2.58. The maximum Gasteiger partial charge on any atom is 0.295 e. The minimum absolute atomic E-state index is 0.0859. The van der Waals surface area contributed by atoms with E-state index < -0.39 is 154 Å². The number of ether oxygens (including phenoxy) is 11. The van der Waals surface area contributed by atoms with Gasteiger partial charge in [0.2, 0.25) is 24.4 Å². The van der Waals surface area contributed by atoms with Gasteiger partial charge in [-0.15, -0.1) is 0 Å². The number of carbonyl (C=O) groups excluding carboxylic acids is 6. The van der Waals surface area contributed by atoms with E-state index in [0.29, 0.717) is 11.8 Å². The van der Waals surface area contributed by atoms with Crippen LogP contribution >= 0.6 is 0 Å². The largest absolute Gasteiger partial charge is 0.435 e. The van der Waals surface area contributed by atoms with Crippen molar-refractivity contribution in [3.05, 3.63) is 35.4 Å². The Morgan fingerprint density at radius 3 is 1.52 bits per heavy atom. The lowest BCUT2D eigenvalue weighted by Gasteiger charge is -2.49. The van der Waals surface area contributed by atoms with Crippen molar-refractivity contribution >= 4 is 37.0 Å². The van der Waals surface area contributed by atoms with Gasteiger partial charge < -0.3 is 109 Å². The van der Waals surface area contributed by atoms with Gasteiger partial charge in [-0.05, 0) is 12.1 Å². The Hall–Kier alpha value is -4.44. The summed E-state index contributed by atoms with van der Waals surface area (Å²) in [5, 5.41) is 95.0. The third kappa shape index (κ3) is 12.8. The van der Waals surface area contributed by atoms with Crippen LogP contribution in [0.25, 0.3) is 0 Å². The average Bonchev–Trinajstić information content (AvgIpc) is 3.30. The highest BCUT2D eigenvalue weighted by atomic mass is 16.8. The van der Waals surface area contributed by atoms with Gasteiger partial charge in [0.15, 0.2) is 37.4 Å². The lowest BCUT2D eigenvalue weighted by Crippen LogP contribution is -2.70. The van der Waals surface area contributed by atoms with Crippen LogP contribution in [0.2, 0.25) is 0 Å². The van der Waals surface area contributed by atoms with Crippen molar-refractivity contribution in [3.8, 4) is 0 Å². The molecule has 0 aromatic heterocycles. The second-order valence-corrected chi connectivity index (χ2v) is 15.4.